The molecule has 0 aromatic heterocycles. The van der Waals surface area contributed by atoms with Gasteiger partial charge in [-0.15, -0.1) is 0 Å². The maximum absolute atomic E-state index is 14.4. The van der Waals surface area contributed by atoms with Gasteiger partial charge in [0.2, 0.25) is 17.6 Å². The fourth-order valence-corrected chi connectivity index (χ4v) is 6.06. The lowest BCUT2D eigenvalue weighted by Crippen LogP contribution is -2.59. The molecule has 2 heterocycles. The number of hydrogen-bond donors (Lipinski definition) is 3. The van der Waals surface area contributed by atoms with Crippen LogP contribution in [0, 0.1) is 5.41 Å². The van der Waals surface area contributed by atoms with Gasteiger partial charge in [-0.05, 0) is 63.6 Å². The Labute approximate surface area is 286 Å². The number of alkyl carbamates (subject to hydrolysis) is 1. The molecule has 4 rings (SSSR count). The topological polar surface area (TPSA) is 165 Å². The van der Waals surface area contributed by atoms with Gasteiger partial charge in [0, 0.05) is 29.5 Å². The summed E-state index contributed by atoms with van der Waals surface area (Å²) in [4.78, 5) is 74.6. The number of nitrogens with one attached hydrogen (secondary N) is 3. The molecule has 4 atom stereocenters. The highest BCUT2D eigenvalue weighted by Crippen LogP contribution is 2.41. The Balaban J connectivity index is 1.64. The maximum atomic E-state index is 14.4. The van der Waals surface area contributed by atoms with Gasteiger partial charge >= 0.3 is 6.09 Å². The minimum absolute atomic E-state index is 0.0270. The quantitative estimate of drug-likeness (QED) is 0.295. The summed E-state index contributed by atoms with van der Waals surface area (Å²) in [6.45, 7) is 12.3. The number of nitrogens with zero attached hydrogens (tertiary/aromatic N) is 2. The average molecular weight is 690 g/mol. The van der Waals surface area contributed by atoms with E-state index < -0.39 is 64.3 Å². The van der Waals surface area contributed by atoms with Gasteiger partial charge in [-0.3, -0.25) is 19.2 Å². The van der Waals surface area contributed by atoms with Crippen LogP contribution in [0.3, 0.4) is 0 Å². The summed E-state index contributed by atoms with van der Waals surface area (Å²) in [5.74, 6) is -2.10. The van der Waals surface area contributed by atoms with Gasteiger partial charge in [0.15, 0.2) is 5.60 Å². The number of methoxy groups -OCH3 is 1. The molecule has 0 unspecified atom stereocenters. The molecule has 1 saturated heterocycles. The van der Waals surface area contributed by atoms with E-state index in [1.54, 1.807) is 59.7 Å². The van der Waals surface area contributed by atoms with Crippen molar-refractivity contribution in [3.63, 3.8) is 0 Å². The fourth-order valence-electron chi connectivity index (χ4n) is 5.89. The second-order valence-corrected chi connectivity index (χ2v) is 15.4. The second kappa shape index (κ2) is 14.3. The van der Waals surface area contributed by atoms with Crippen molar-refractivity contribution in [2.24, 2.45) is 10.6 Å². The van der Waals surface area contributed by atoms with Gasteiger partial charge in [0.05, 0.1) is 25.4 Å². The molecular weight excluding hydrogens is 642 g/mol. The molecule has 4 amide bonds. The molecule has 0 radical (unpaired) electrons. The smallest absolute Gasteiger partial charge is 0.408 e. The van der Waals surface area contributed by atoms with Crippen LogP contribution in [0.5, 0.6) is 5.75 Å². The molecule has 3 N–H and O–H groups in total. The number of hydrogen-bond acceptors (Lipinski definition) is 9. The minimum Gasteiger partial charge on any atom is -0.496 e. The van der Waals surface area contributed by atoms with Crippen molar-refractivity contribution in [3.05, 3.63) is 28.8 Å². The number of rotatable bonds is 11. The molecule has 1 saturated carbocycles. The molecule has 13 nitrogen and oxygen atoms in total. The highest BCUT2D eigenvalue weighted by Gasteiger charge is 2.56. The third kappa shape index (κ3) is 8.97. The van der Waals surface area contributed by atoms with E-state index in [9.17, 15) is 24.0 Å². The SMILES string of the molecule is CCC[C@H](NC(=O)[C@@H]1C[C@]2(CC(c3cc(Cl)ccc3OC)=NO2)CN1C(=O)[C@@H](NC(=O)OC(C)(C)C)C(C)(C)C)C(=O)C(=O)NC1CC1. The van der Waals surface area contributed by atoms with Crippen molar-refractivity contribution in [3.8, 4) is 5.75 Å². The summed E-state index contributed by atoms with van der Waals surface area (Å²) in [6.07, 6.45) is 1.85. The van der Waals surface area contributed by atoms with E-state index in [1.165, 1.54) is 12.0 Å². The number of amides is 4. The minimum atomic E-state index is -1.11. The lowest BCUT2D eigenvalue weighted by molar-refractivity contribution is -0.144. The summed E-state index contributed by atoms with van der Waals surface area (Å²) in [6, 6.07) is 1.79. The average Bonchev–Trinajstić information content (AvgIpc) is 3.58. The third-order valence-electron chi connectivity index (χ3n) is 8.42. The Kier molecular flexibility index (Phi) is 11.0. The summed E-state index contributed by atoms with van der Waals surface area (Å²) >= 11 is 6.29. The number of oxime groups is 1. The van der Waals surface area contributed by atoms with E-state index in [0.717, 1.165) is 12.8 Å². The number of ketones is 1. The van der Waals surface area contributed by atoms with Gasteiger partial charge in [-0.25, -0.2) is 4.79 Å². The lowest BCUT2D eigenvalue weighted by atomic mass is 9.85. The Bertz CT molecular complexity index is 1460. The maximum Gasteiger partial charge on any atom is 0.408 e. The number of likely N-dealkylation sites (tertiary alicyclic amines) is 1. The van der Waals surface area contributed by atoms with Crippen molar-refractivity contribution in [2.45, 2.75) is 122 Å². The summed E-state index contributed by atoms with van der Waals surface area (Å²) in [5, 5.41) is 13.0. The van der Waals surface area contributed by atoms with Crippen LogP contribution in [0.1, 0.15) is 92.6 Å². The van der Waals surface area contributed by atoms with Crippen molar-refractivity contribution in [1.29, 1.82) is 0 Å². The third-order valence-corrected chi connectivity index (χ3v) is 8.65. The first kappa shape index (κ1) is 37.0. The van der Waals surface area contributed by atoms with Crippen LogP contribution in [0.15, 0.2) is 23.4 Å². The van der Waals surface area contributed by atoms with E-state index >= 15 is 0 Å². The number of ether oxygens (including phenoxy) is 2. The molecular formula is C34H48ClN5O8. The number of Topliss-reactive ketones (excluding diaryl/α,β-unsaturated/α-hetero) is 1. The summed E-state index contributed by atoms with van der Waals surface area (Å²) < 4.78 is 11.0. The first-order chi connectivity index (χ1) is 22.4. The van der Waals surface area contributed by atoms with E-state index in [0.29, 0.717) is 28.5 Å². The van der Waals surface area contributed by atoms with Crippen LogP contribution < -0.4 is 20.7 Å². The van der Waals surface area contributed by atoms with Gasteiger partial charge in [-0.2, -0.15) is 0 Å². The van der Waals surface area contributed by atoms with Crippen LogP contribution in [-0.4, -0.2) is 89.2 Å². The van der Waals surface area contributed by atoms with Crippen LogP contribution in [0.4, 0.5) is 4.79 Å². The second-order valence-electron chi connectivity index (χ2n) is 14.9. The van der Waals surface area contributed by atoms with Gasteiger partial charge in [0.1, 0.15) is 23.4 Å². The first-order valence-corrected chi connectivity index (χ1v) is 16.8. The normalized spacial score (nSPS) is 21.9. The molecule has 1 aromatic rings. The van der Waals surface area contributed by atoms with Gasteiger partial charge < -0.3 is 35.2 Å². The highest BCUT2D eigenvalue weighted by atomic mass is 35.5. The molecule has 264 valence electrons. The Hall–Kier alpha value is -3.87. The number of carbonyl (C=O) groups is 5. The molecule has 2 fully saturated rings. The molecule has 1 aliphatic carbocycles. The zero-order valence-corrected chi connectivity index (χ0v) is 29.8. The fraction of sp³-hybridized carbons (Fsp3) is 0.647. The van der Waals surface area contributed by atoms with Crippen molar-refractivity contribution >= 4 is 46.9 Å². The van der Waals surface area contributed by atoms with E-state index in [-0.39, 0.29) is 31.8 Å². The number of halogens is 1. The first-order valence-electron chi connectivity index (χ1n) is 16.4. The van der Waals surface area contributed by atoms with Crippen LogP contribution >= 0.6 is 11.6 Å². The zero-order chi connectivity index (χ0) is 35.6. The molecule has 14 heteroatoms. The number of carbonyl (C=O) groups excluding carboxylic acids is 5. The monoisotopic (exact) mass is 689 g/mol. The van der Waals surface area contributed by atoms with Crippen LogP contribution in [0.2, 0.25) is 5.02 Å². The van der Waals surface area contributed by atoms with Crippen LogP contribution in [0.25, 0.3) is 0 Å². The zero-order valence-electron chi connectivity index (χ0n) is 29.0. The van der Waals surface area contributed by atoms with Crippen molar-refractivity contribution in [2.75, 3.05) is 13.7 Å². The molecule has 1 spiro atoms. The molecule has 3 aliphatic rings. The standard InChI is InChI=1S/C34H48ClN5O8/c1-9-10-22(26(41)29(43)36-20-12-13-20)37-28(42)24-17-34(16-23(39-48-34)21-15-19(35)11-14-25(21)46-8)18-40(24)30(44)27(32(2,3)4)38-31(45)47-33(5,6)7/h11,14-15,20,22,24,27H,9-10,12-13,16-18H2,1-8H3,(H,36,43)(H,37,42)(H,38,45)/t22-,24-,27+,34+/m0/s1. The van der Waals surface area contributed by atoms with E-state index in [2.05, 4.69) is 21.1 Å². The van der Waals surface area contributed by atoms with E-state index in [1.807, 2.05) is 6.92 Å². The van der Waals surface area contributed by atoms with Crippen LogP contribution in [-0.2, 0) is 28.8 Å². The Morgan fingerprint density at radius 1 is 1.10 bits per heavy atom. The van der Waals surface area contributed by atoms with E-state index in [4.69, 9.17) is 25.9 Å². The predicted octanol–water partition coefficient (Wildman–Crippen LogP) is 3.88. The summed E-state index contributed by atoms with van der Waals surface area (Å²) in [7, 11) is 1.53. The van der Waals surface area contributed by atoms with Gasteiger partial charge in [-0.1, -0.05) is 50.9 Å². The lowest BCUT2D eigenvalue weighted by Gasteiger charge is -2.36. The largest absolute Gasteiger partial charge is 0.496 e. The molecule has 48 heavy (non-hydrogen) atoms. The van der Waals surface area contributed by atoms with Crippen molar-refractivity contribution < 1.29 is 38.3 Å². The Morgan fingerprint density at radius 2 is 1.79 bits per heavy atom. The molecule has 0 bridgehead atoms. The summed E-state index contributed by atoms with van der Waals surface area (Å²) in [5.41, 5.74) is -1.57. The molecule has 1 aromatic carbocycles. The Morgan fingerprint density at radius 3 is 2.38 bits per heavy atom. The molecule has 2 aliphatic heterocycles. The number of benzene rings is 1. The van der Waals surface area contributed by atoms with Gasteiger partial charge in [0.25, 0.3) is 5.91 Å². The predicted molar refractivity (Wildman–Crippen MR) is 179 cm³/mol. The van der Waals surface area contributed by atoms with Crippen molar-refractivity contribution in [1.82, 2.24) is 20.9 Å². The highest BCUT2D eigenvalue weighted by molar-refractivity contribution is 6.38.